The first-order chi connectivity index (χ1) is 12.7. The van der Waals surface area contributed by atoms with E-state index in [4.69, 9.17) is 0 Å². The largest absolute Gasteiger partial charge is 0.312 e. The molecule has 0 spiro atoms. The average Bonchev–Trinajstić information content (AvgIpc) is 3.10. The van der Waals surface area contributed by atoms with Crippen LogP contribution in [0.15, 0.2) is 46.9 Å². The number of nitrogens with one attached hydrogen (secondary N) is 2. The molecule has 2 aromatic carbocycles. The van der Waals surface area contributed by atoms with Gasteiger partial charge in [-0.1, -0.05) is 51.5 Å². The second kappa shape index (κ2) is 8.93. The van der Waals surface area contributed by atoms with Crippen molar-refractivity contribution in [3.05, 3.63) is 74.2 Å². The van der Waals surface area contributed by atoms with Crippen molar-refractivity contribution in [3.8, 4) is 0 Å². The van der Waals surface area contributed by atoms with Crippen LogP contribution in [0.4, 0.5) is 5.13 Å². The number of benzene rings is 2. The summed E-state index contributed by atoms with van der Waals surface area (Å²) in [6.07, 6.45) is 1.63. The summed E-state index contributed by atoms with van der Waals surface area (Å²) in [7, 11) is 0. The van der Waals surface area contributed by atoms with Gasteiger partial charge in [0.2, 0.25) is 5.13 Å². The van der Waals surface area contributed by atoms with E-state index in [1.165, 1.54) is 22.5 Å². The Morgan fingerprint density at radius 1 is 1.19 bits per heavy atom. The van der Waals surface area contributed by atoms with E-state index in [0.717, 1.165) is 34.6 Å². The molecule has 5 nitrogen and oxygen atoms in total. The summed E-state index contributed by atoms with van der Waals surface area (Å²) in [4.78, 5) is 12.5. The van der Waals surface area contributed by atoms with Crippen LogP contribution < -0.4 is 10.6 Å². The molecule has 0 unspecified atom stereocenters. The number of amides is 1. The number of carbonyl (C=O) groups excluding carboxylic acids is 1. The zero-order chi connectivity index (χ0) is 17.9. The number of rotatable bonds is 4. The van der Waals surface area contributed by atoms with Gasteiger partial charge in [-0.05, 0) is 47.9 Å². The molecule has 1 aromatic heterocycles. The maximum absolute atomic E-state index is 12.5. The van der Waals surface area contributed by atoms with Crippen molar-refractivity contribution in [2.45, 2.75) is 19.4 Å². The zero-order valence-electron chi connectivity index (χ0n) is 14.4. The fourth-order valence-corrected chi connectivity index (χ4v) is 4.15. The van der Waals surface area contributed by atoms with Crippen LogP contribution in [-0.4, -0.2) is 22.6 Å². The molecular formula is C19H18BrClN4OS. The Morgan fingerprint density at radius 3 is 2.89 bits per heavy atom. The Morgan fingerprint density at radius 2 is 2.04 bits per heavy atom. The monoisotopic (exact) mass is 464 g/mol. The minimum atomic E-state index is -0.144. The van der Waals surface area contributed by atoms with Crippen LogP contribution in [-0.2, 0) is 19.4 Å². The second-order valence-electron chi connectivity index (χ2n) is 6.13. The fourth-order valence-electron chi connectivity index (χ4n) is 2.97. The van der Waals surface area contributed by atoms with Gasteiger partial charge in [-0.3, -0.25) is 10.1 Å². The molecule has 27 heavy (non-hydrogen) atoms. The highest BCUT2D eigenvalue weighted by Crippen LogP contribution is 2.24. The quantitative estimate of drug-likeness (QED) is 0.606. The van der Waals surface area contributed by atoms with Crippen molar-refractivity contribution in [3.63, 3.8) is 0 Å². The second-order valence-corrected chi connectivity index (χ2v) is 8.05. The van der Waals surface area contributed by atoms with E-state index >= 15 is 0 Å². The minimum Gasteiger partial charge on any atom is -0.312 e. The number of aromatic nitrogens is 2. The molecule has 0 fully saturated rings. The number of fused-ring (bicyclic) bond motifs is 1. The molecule has 2 N–H and O–H groups in total. The molecule has 0 atom stereocenters. The third-order valence-electron chi connectivity index (χ3n) is 4.34. The molecule has 8 heteroatoms. The molecule has 0 saturated carbocycles. The predicted octanol–water partition coefficient (Wildman–Crippen LogP) is 4.21. The summed E-state index contributed by atoms with van der Waals surface area (Å²) in [5.41, 5.74) is 4.31. The van der Waals surface area contributed by atoms with Gasteiger partial charge < -0.3 is 5.32 Å². The van der Waals surface area contributed by atoms with Crippen molar-refractivity contribution in [1.82, 2.24) is 15.5 Å². The van der Waals surface area contributed by atoms with Crippen LogP contribution in [0.2, 0.25) is 0 Å². The number of anilines is 1. The molecule has 0 aliphatic carbocycles. The number of halogens is 2. The van der Waals surface area contributed by atoms with E-state index in [-0.39, 0.29) is 18.3 Å². The minimum absolute atomic E-state index is 0. The van der Waals surface area contributed by atoms with Crippen LogP contribution in [0.3, 0.4) is 0 Å². The normalized spacial score (nSPS) is 12.8. The molecule has 1 aliphatic rings. The van der Waals surface area contributed by atoms with Gasteiger partial charge in [-0.25, -0.2) is 0 Å². The molecule has 0 radical (unpaired) electrons. The van der Waals surface area contributed by atoms with E-state index in [1.807, 2.05) is 42.5 Å². The summed E-state index contributed by atoms with van der Waals surface area (Å²) in [6, 6.07) is 13.9. The van der Waals surface area contributed by atoms with Crippen LogP contribution in [0, 0.1) is 0 Å². The van der Waals surface area contributed by atoms with Gasteiger partial charge >= 0.3 is 0 Å². The van der Waals surface area contributed by atoms with Crippen LogP contribution in [0.1, 0.15) is 32.1 Å². The molecule has 2 heterocycles. The highest BCUT2D eigenvalue weighted by Gasteiger charge is 2.14. The van der Waals surface area contributed by atoms with Crippen LogP contribution in [0.5, 0.6) is 0 Å². The lowest BCUT2D eigenvalue weighted by atomic mass is 9.98. The molecule has 0 bridgehead atoms. The van der Waals surface area contributed by atoms with E-state index < -0.39 is 0 Å². The van der Waals surface area contributed by atoms with Crippen LogP contribution >= 0.6 is 39.7 Å². The fraction of sp³-hybridized carbons (Fsp3) is 0.211. The molecule has 1 aliphatic heterocycles. The number of carbonyl (C=O) groups is 1. The molecule has 4 rings (SSSR count). The summed E-state index contributed by atoms with van der Waals surface area (Å²) in [5.74, 6) is -0.144. The number of nitrogens with zero attached hydrogens (tertiary/aromatic N) is 2. The summed E-state index contributed by atoms with van der Waals surface area (Å²) >= 11 is 4.95. The lowest BCUT2D eigenvalue weighted by Gasteiger charge is -2.17. The standard InChI is InChI=1S/C19H17BrN4OS.ClH/c20-16-4-2-1-3-13(16)10-17-23-24-19(26-17)22-18(25)14-5-6-15-11-21-8-7-12(15)9-14;/h1-6,9,21H,7-8,10-11H2,(H,22,24,25);1H. The Labute approximate surface area is 176 Å². The molecule has 3 aromatic rings. The van der Waals surface area contributed by atoms with E-state index in [9.17, 15) is 4.79 Å². The van der Waals surface area contributed by atoms with E-state index in [2.05, 4.69) is 36.8 Å². The Hall–Kier alpha value is -1.80. The number of hydrogen-bond acceptors (Lipinski definition) is 5. The Bertz CT molecular complexity index is 962. The van der Waals surface area contributed by atoms with Gasteiger partial charge in [0.25, 0.3) is 5.91 Å². The summed E-state index contributed by atoms with van der Waals surface area (Å²) in [5, 5.41) is 15.9. The maximum Gasteiger partial charge on any atom is 0.257 e. The maximum atomic E-state index is 12.5. The van der Waals surface area contributed by atoms with Gasteiger partial charge in [-0.15, -0.1) is 22.6 Å². The summed E-state index contributed by atoms with van der Waals surface area (Å²) in [6.45, 7) is 1.82. The molecule has 0 saturated heterocycles. The van der Waals surface area contributed by atoms with Gasteiger partial charge in [0.15, 0.2) is 0 Å². The predicted molar refractivity (Wildman–Crippen MR) is 114 cm³/mol. The molecular weight excluding hydrogens is 448 g/mol. The number of hydrogen-bond donors (Lipinski definition) is 2. The van der Waals surface area contributed by atoms with Crippen molar-refractivity contribution in [2.75, 3.05) is 11.9 Å². The molecule has 140 valence electrons. The van der Waals surface area contributed by atoms with Crippen LogP contribution in [0.25, 0.3) is 0 Å². The van der Waals surface area contributed by atoms with Gasteiger partial charge in [0.1, 0.15) is 5.01 Å². The Kier molecular flexibility index (Phi) is 6.59. The van der Waals surface area contributed by atoms with Gasteiger partial charge in [-0.2, -0.15) is 0 Å². The third-order valence-corrected chi connectivity index (χ3v) is 5.95. The average molecular weight is 466 g/mol. The smallest absolute Gasteiger partial charge is 0.257 e. The lowest BCUT2D eigenvalue weighted by molar-refractivity contribution is 0.102. The van der Waals surface area contributed by atoms with Crippen molar-refractivity contribution >= 4 is 50.7 Å². The third kappa shape index (κ3) is 4.73. The lowest BCUT2D eigenvalue weighted by Crippen LogP contribution is -2.24. The van der Waals surface area contributed by atoms with Gasteiger partial charge in [0.05, 0.1) is 0 Å². The van der Waals surface area contributed by atoms with Crippen molar-refractivity contribution in [1.29, 1.82) is 0 Å². The SMILES string of the molecule is Cl.O=C(Nc1nnc(Cc2ccccc2Br)s1)c1ccc2c(c1)CCNC2. The first kappa shape index (κ1) is 19.9. The topological polar surface area (TPSA) is 66.9 Å². The molecule has 1 amide bonds. The zero-order valence-corrected chi connectivity index (χ0v) is 17.6. The highest BCUT2D eigenvalue weighted by atomic mass is 79.9. The Balaban J connectivity index is 0.00000210. The van der Waals surface area contributed by atoms with E-state index in [1.54, 1.807) is 0 Å². The first-order valence-electron chi connectivity index (χ1n) is 8.39. The first-order valence-corrected chi connectivity index (χ1v) is 9.99. The van der Waals surface area contributed by atoms with Crippen molar-refractivity contribution in [2.24, 2.45) is 0 Å². The highest BCUT2D eigenvalue weighted by molar-refractivity contribution is 9.10. The van der Waals surface area contributed by atoms with Crippen molar-refractivity contribution < 1.29 is 4.79 Å². The summed E-state index contributed by atoms with van der Waals surface area (Å²) < 4.78 is 1.05. The van der Waals surface area contributed by atoms with Gasteiger partial charge in [0, 0.05) is 23.0 Å². The van der Waals surface area contributed by atoms with E-state index in [0.29, 0.717) is 17.1 Å².